The van der Waals surface area contributed by atoms with Crippen molar-refractivity contribution in [3.05, 3.63) is 35.4 Å². The summed E-state index contributed by atoms with van der Waals surface area (Å²) in [5, 5.41) is 20.4. The van der Waals surface area contributed by atoms with E-state index in [0.29, 0.717) is 0 Å². The number of carboxylic acid groups (broad SMARTS) is 2. The zero-order valence-electron chi connectivity index (χ0n) is 15.4. The fraction of sp³-hybridized carbons (Fsp3) is 0.529. The summed E-state index contributed by atoms with van der Waals surface area (Å²) in [6, 6.07) is 4.61. The second-order valence-electron chi connectivity index (χ2n) is 5.90. The largest absolute Gasteiger partial charge is 0.545 e. The van der Waals surface area contributed by atoms with E-state index in [4.69, 9.17) is 9.96 Å². The summed E-state index contributed by atoms with van der Waals surface area (Å²) in [4.78, 5) is 20.4. The van der Waals surface area contributed by atoms with Crippen molar-refractivity contribution in [3.63, 3.8) is 0 Å². The number of carbonyl (C=O) groups is 2. The Labute approximate surface area is 156 Å². The monoisotopic (exact) mass is 389 g/mol. The number of hydrogen-bond donors (Lipinski definition) is 0. The molecule has 0 unspecified atom stereocenters. The summed E-state index contributed by atoms with van der Waals surface area (Å²) < 4.78 is 16.8. The van der Waals surface area contributed by atoms with Crippen molar-refractivity contribution in [1.29, 1.82) is 0 Å². The summed E-state index contributed by atoms with van der Waals surface area (Å²) in [7, 11) is 0. The Kier molecular flexibility index (Phi) is 11.6. The van der Waals surface area contributed by atoms with Crippen molar-refractivity contribution < 1.29 is 48.8 Å². The van der Waals surface area contributed by atoms with E-state index in [0.717, 1.165) is 24.3 Å². The molecule has 0 saturated heterocycles. The van der Waals surface area contributed by atoms with Crippen LogP contribution in [0.5, 0.6) is 0 Å². The van der Waals surface area contributed by atoms with Crippen LogP contribution in [0.2, 0.25) is 0 Å². The van der Waals surface area contributed by atoms with Crippen LogP contribution in [0.1, 0.15) is 62.3 Å². The molecule has 0 radical (unpaired) electrons. The number of carbonyl (C=O) groups excluding carboxylic acids is 2. The molecule has 1 aromatic carbocycles. The van der Waals surface area contributed by atoms with Crippen molar-refractivity contribution in [2.45, 2.75) is 59.9 Å². The molecule has 0 aliphatic carbocycles. The fourth-order valence-electron chi connectivity index (χ4n) is 1.40. The van der Waals surface area contributed by atoms with Crippen LogP contribution >= 0.6 is 0 Å². The van der Waals surface area contributed by atoms with E-state index in [1.54, 1.807) is 0 Å². The van der Waals surface area contributed by atoms with Crippen molar-refractivity contribution in [2.75, 3.05) is 0 Å². The third kappa shape index (κ3) is 11.9. The number of hydrogen-bond acceptors (Lipinski definition) is 7. The third-order valence-corrected chi connectivity index (χ3v) is 5.46. The van der Waals surface area contributed by atoms with Gasteiger partial charge >= 0.3 is 88.8 Å². The minimum absolute atomic E-state index is 0.0556. The van der Waals surface area contributed by atoms with Gasteiger partial charge in [-0.1, -0.05) is 24.3 Å². The van der Waals surface area contributed by atoms with E-state index in [1.165, 1.54) is 0 Å². The molecule has 0 fully saturated rings. The molecule has 0 bridgehead atoms. The molecule has 0 atom stereocenters. The molecule has 0 aromatic heterocycles. The van der Waals surface area contributed by atoms with Crippen molar-refractivity contribution >= 4 is 11.9 Å². The summed E-state index contributed by atoms with van der Waals surface area (Å²) in [6.07, 6.45) is 0.562. The van der Waals surface area contributed by atoms with Crippen LogP contribution < -0.4 is 10.2 Å². The van der Waals surface area contributed by atoms with Gasteiger partial charge in [-0.15, -0.1) is 0 Å². The van der Waals surface area contributed by atoms with Gasteiger partial charge in [0.05, 0.1) is 11.9 Å². The van der Waals surface area contributed by atoms with Crippen LogP contribution in [0, 0.1) is 0 Å². The van der Waals surface area contributed by atoms with Crippen LogP contribution in [0.3, 0.4) is 0 Å². The molecular formula is C17H25O7Ti. The summed E-state index contributed by atoms with van der Waals surface area (Å²) in [5.41, 5.74) is -0.111. The van der Waals surface area contributed by atoms with Crippen LogP contribution in [0.4, 0.5) is 0 Å². The molecule has 7 nitrogen and oxygen atoms in total. The van der Waals surface area contributed by atoms with E-state index in [1.807, 2.05) is 41.5 Å². The molecular weight excluding hydrogens is 364 g/mol. The first-order chi connectivity index (χ1) is 11.5. The Hall–Kier alpha value is -1.25. The van der Waals surface area contributed by atoms with Gasteiger partial charge in [0.25, 0.3) is 0 Å². The van der Waals surface area contributed by atoms with Crippen molar-refractivity contribution in [3.8, 4) is 0 Å². The number of rotatable bonds is 8. The molecule has 0 heterocycles. The molecule has 0 aliphatic heterocycles. The molecule has 25 heavy (non-hydrogen) atoms. The van der Waals surface area contributed by atoms with E-state index >= 15 is 0 Å². The maximum absolute atomic E-state index is 10.2. The quantitative estimate of drug-likeness (QED) is 0.611. The minimum atomic E-state index is -2.18. The molecule has 8 heteroatoms. The first-order valence-corrected chi connectivity index (χ1v) is 9.83. The van der Waals surface area contributed by atoms with Gasteiger partial charge in [0.2, 0.25) is 0 Å². The summed E-state index contributed by atoms with van der Waals surface area (Å²) in [5.74, 6) is -2.67. The van der Waals surface area contributed by atoms with Gasteiger partial charge in [0, 0.05) is 0 Å². The Balaban J connectivity index is 0.000000462. The second-order valence-corrected chi connectivity index (χ2v) is 7.79. The predicted molar refractivity (Wildman–Crippen MR) is 83.8 cm³/mol. The molecule has 139 valence electrons. The minimum Gasteiger partial charge on any atom is -0.545 e. The molecule has 0 N–H and O–H groups in total. The Bertz CT molecular complexity index is 470. The van der Waals surface area contributed by atoms with Gasteiger partial charge in [-0.05, 0) is 11.1 Å². The first kappa shape index (κ1) is 23.8. The maximum atomic E-state index is 10.2. The summed E-state index contributed by atoms with van der Waals surface area (Å²) >= 11 is -2.18. The van der Waals surface area contributed by atoms with Gasteiger partial charge in [-0.25, -0.2) is 0 Å². The topological polar surface area (TPSA) is 108 Å². The van der Waals surface area contributed by atoms with E-state index in [-0.39, 0.29) is 29.4 Å². The molecule has 0 spiro atoms. The SMILES string of the molecule is CC(C)[O][Ti+2]([O]C(C)C)[O]C(C)C.O=C([O-])c1ccc(C(=O)[O-])cc1. The zero-order chi connectivity index (χ0) is 19.6. The molecule has 1 rings (SSSR count). The average molecular weight is 389 g/mol. The molecule has 0 aliphatic rings. The van der Waals surface area contributed by atoms with E-state index < -0.39 is 31.0 Å². The van der Waals surface area contributed by atoms with Gasteiger partial charge in [0.15, 0.2) is 0 Å². The predicted octanol–water partition coefficient (Wildman–Crippen LogP) is 1.04. The molecule has 0 amide bonds. The normalized spacial score (nSPS) is 10.6. The Morgan fingerprint density at radius 3 is 1.12 bits per heavy atom. The number of benzene rings is 1. The first-order valence-electron chi connectivity index (χ1n) is 7.92. The van der Waals surface area contributed by atoms with Crippen molar-refractivity contribution in [2.24, 2.45) is 0 Å². The van der Waals surface area contributed by atoms with Crippen LogP contribution in [-0.4, -0.2) is 30.3 Å². The van der Waals surface area contributed by atoms with E-state index in [9.17, 15) is 19.8 Å². The average Bonchev–Trinajstić information content (AvgIpc) is 2.45. The standard InChI is InChI=1S/C8H6O4.3C3H7O.Ti/c9-7(10)5-1-2-6(4-3-5)8(11)12;3*1-3(2)4;/h1-4H,(H,9,10)(H,11,12);3*3H,1-2H3;/q;3*-1;+5/p-2. The smallest absolute Gasteiger partial charge is 0.0715 e. The van der Waals surface area contributed by atoms with Gasteiger partial charge < -0.3 is 19.8 Å². The van der Waals surface area contributed by atoms with Crippen molar-refractivity contribution in [1.82, 2.24) is 0 Å². The van der Waals surface area contributed by atoms with Gasteiger partial charge in [-0.2, -0.15) is 0 Å². The van der Waals surface area contributed by atoms with E-state index in [2.05, 4.69) is 0 Å². The Morgan fingerprint density at radius 1 is 0.720 bits per heavy atom. The molecule has 1 aromatic rings. The van der Waals surface area contributed by atoms with Gasteiger partial charge in [0.1, 0.15) is 0 Å². The third-order valence-electron chi connectivity index (χ3n) is 2.35. The van der Waals surface area contributed by atoms with Gasteiger partial charge in [-0.3, -0.25) is 0 Å². The van der Waals surface area contributed by atoms with Crippen LogP contribution in [-0.2, 0) is 29.0 Å². The Morgan fingerprint density at radius 2 is 0.960 bits per heavy atom. The summed E-state index contributed by atoms with van der Waals surface area (Å²) in [6.45, 7) is 12.0. The number of aromatic carboxylic acids is 2. The fourth-order valence-corrected chi connectivity index (χ4v) is 3.47. The maximum Gasteiger partial charge on any atom is 0.0715 e. The van der Waals surface area contributed by atoms with Crippen LogP contribution in [0.15, 0.2) is 24.3 Å². The molecule has 0 saturated carbocycles. The second kappa shape index (κ2) is 12.2. The van der Waals surface area contributed by atoms with Crippen LogP contribution in [0.25, 0.3) is 0 Å². The number of carboxylic acids is 2. The zero-order valence-corrected chi connectivity index (χ0v) is 17.0.